The number of aromatic nitrogens is 2. The van der Waals surface area contributed by atoms with Crippen molar-refractivity contribution in [2.45, 2.75) is 32.2 Å². The van der Waals surface area contributed by atoms with E-state index in [0.717, 1.165) is 51.2 Å². The lowest BCUT2D eigenvalue weighted by atomic mass is 9.96. The number of rotatable bonds is 3. The number of aryl methyl sites for hydroxylation is 1. The quantitative estimate of drug-likeness (QED) is 0.884. The van der Waals surface area contributed by atoms with Crippen LogP contribution in [0.3, 0.4) is 0 Å². The van der Waals surface area contributed by atoms with Crippen molar-refractivity contribution in [1.29, 1.82) is 0 Å². The Labute approximate surface area is 113 Å². The van der Waals surface area contributed by atoms with Gasteiger partial charge in [-0.3, -0.25) is 4.79 Å². The lowest BCUT2D eigenvalue weighted by molar-refractivity contribution is -0.129. The number of amides is 1. The predicted molar refractivity (Wildman–Crippen MR) is 70.6 cm³/mol. The minimum absolute atomic E-state index is 0.0549. The zero-order valence-corrected chi connectivity index (χ0v) is 11.2. The summed E-state index contributed by atoms with van der Waals surface area (Å²) in [5, 5.41) is 3.09. The molecule has 1 amide bonds. The molecule has 0 aromatic carbocycles. The SMILES string of the molecule is O=C(NC[C@H]1CCn2ccnc2C1)[C@H]1CCCOC1. The third-order valence-electron chi connectivity index (χ3n) is 4.15. The Hall–Kier alpha value is -1.36. The molecule has 3 rings (SSSR count). The monoisotopic (exact) mass is 263 g/mol. The average molecular weight is 263 g/mol. The molecule has 2 aliphatic rings. The summed E-state index contributed by atoms with van der Waals surface area (Å²) in [6.45, 7) is 3.17. The molecule has 2 aliphatic heterocycles. The van der Waals surface area contributed by atoms with E-state index in [1.54, 1.807) is 0 Å². The molecule has 1 N–H and O–H groups in total. The largest absolute Gasteiger partial charge is 0.381 e. The van der Waals surface area contributed by atoms with Crippen LogP contribution in [0.2, 0.25) is 0 Å². The van der Waals surface area contributed by atoms with Gasteiger partial charge in [0.2, 0.25) is 5.91 Å². The fourth-order valence-electron chi connectivity index (χ4n) is 2.93. The van der Waals surface area contributed by atoms with Crippen LogP contribution in [0.25, 0.3) is 0 Å². The molecule has 104 valence electrons. The molecule has 0 radical (unpaired) electrons. The Morgan fingerprint density at radius 3 is 3.32 bits per heavy atom. The second-order valence-electron chi connectivity index (χ2n) is 5.55. The maximum Gasteiger partial charge on any atom is 0.225 e. The van der Waals surface area contributed by atoms with Gasteiger partial charge in [0.15, 0.2) is 0 Å². The molecule has 0 spiro atoms. The normalized spacial score (nSPS) is 26.7. The second-order valence-corrected chi connectivity index (χ2v) is 5.55. The molecule has 5 heteroatoms. The molecule has 1 aromatic heterocycles. The first kappa shape index (κ1) is 12.7. The zero-order valence-electron chi connectivity index (χ0n) is 11.2. The standard InChI is InChI=1S/C14H21N3O2/c18-14(12-2-1-7-19-10-12)16-9-11-3-5-17-6-4-15-13(17)8-11/h4,6,11-12H,1-3,5,7-10H2,(H,16,18)/t11-,12-/m0/s1. The zero-order chi connectivity index (χ0) is 13.1. The van der Waals surface area contributed by atoms with E-state index in [1.165, 1.54) is 0 Å². The number of fused-ring (bicyclic) bond motifs is 1. The van der Waals surface area contributed by atoms with Gasteiger partial charge in [-0.15, -0.1) is 0 Å². The first-order valence-corrected chi connectivity index (χ1v) is 7.18. The molecule has 3 heterocycles. The first-order valence-electron chi connectivity index (χ1n) is 7.18. The summed E-state index contributed by atoms with van der Waals surface area (Å²) in [7, 11) is 0. The summed E-state index contributed by atoms with van der Waals surface area (Å²) in [4.78, 5) is 16.4. The molecule has 1 aromatic rings. The number of hydrogen-bond donors (Lipinski definition) is 1. The molecule has 1 fully saturated rings. The number of hydrogen-bond acceptors (Lipinski definition) is 3. The van der Waals surface area contributed by atoms with Crippen LogP contribution in [0, 0.1) is 11.8 Å². The highest BCUT2D eigenvalue weighted by molar-refractivity contribution is 5.78. The Kier molecular flexibility index (Phi) is 3.82. The molecule has 0 unspecified atom stereocenters. The number of nitrogens with zero attached hydrogens (tertiary/aromatic N) is 2. The van der Waals surface area contributed by atoms with Crippen LogP contribution in [0.1, 0.15) is 25.1 Å². The fraction of sp³-hybridized carbons (Fsp3) is 0.714. The molecular weight excluding hydrogens is 242 g/mol. The number of carbonyl (C=O) groups excluding carboxylic acids is 1. The summed E-state index contributed by atoms with van der Waals surface area (Å²) in [6, 6.07) is 0. The van der Waals surface area contributed by atoms with Crippen molar-refractivity contribution < 1.29 is 9.53 Å². The highest BCUT2D eigenvalue weighted by Gasteiger charge is 2.24. The lowest BCUT2D eigenvalue weighted by Gasteiger charge is -2.25. The van der Waals surface area contributed by atoms with E-state index < -0.39 is 0 Å². The number of carbonyl (C=O) groups is 1. The van der Waals surface area contributed by atoms with Gasteiger partial charge in [0.05, 0.1) is 12.5 Å². The maximum atomic E-state index is 12.0. The van der Waals surface area contributed by atoms with Crippen molar-refractivity contribution in [2.75, 3.05) is 19.8 Å². The van der Waals surface area contributed by atoms with Gasteiger partial charge in [0.1, 0.15) is 5.82 Å². The average Bonchev–Trinajstić information content (AvgIpc) is 2.93. The molecular formula is C14H21N3O2. The van der Waals surface area contributed by atoms with Crippen molar-refractivity contribution in [1.82, 2.24) is 14.9 Å². The molecule has 0 aliphatic carbocycles. The van der Waals surface area contributed by atoms with Gasteiger partial charge in [0, 0.05) is 38.5 Å². The highest BCUT2D eigenvalue weighted by Crippen LogP contribution is 2.19. The molecule has 2 atom stereocenters. The third kappa shape index (κ3) is 2.97. The summed E-state index contributed by atoms with van der Waals surface area (Å²) in [5.74, 6) is 1.88. The van der Waals surface area contributed by atoms with Crippen molar-refractivity contribution in [3.05, 3.63) is 18.2 Å². The smallest absolute Gasteiger partial charge is 0.225 e. The molecule has 19 heavy (non-hydrogen) atoms. The minimum atomic E-state index is 0.0549. The van der Waals surface area contributed by atoms with Crippen LogP contribution >= 0.6 is 0 Å². The number of ether oxygens (including phenoxy) is 1. The lowest BCUT2D eigenvalue weighted by Crippen LogP contribution is -2.39. The van der Waals surface area contributed by atoms with Gasteiger partial charge < -0.3 is 14.6 Å². The van der Waals surface area contributed by atoms with Crippen LogP contribution in [-0.4, -0.2) is 35.2 Å². The maximum absolute atomic E-state index is 12.0. The van der Waals surface area contributed by atoms with Gasteiger partial charge in [-0.25, -0.2) is 4.98 Å². The van der Waals surface area contributed by atoms with E-state index in [9.17, 15) is 4.79 Å². The van der Waals surface area contributed by atoms with Crippen molar-refractivity contribution in [2.24, 2.45) is 11.8 Å². The van der Waals surface area contributed by atoms with E-state index in [-0.39, 0.29) is 11.8 Å². The van der Waals surface area contributed by atoms with Crippen LogP contribution < -0.4 is 5.32 Å². The van der Waals surface area contributed by atoms with Gasteiger partial charge in [-0.1, -0.05) is 0 Å². The summed E-state index contributed by atoms with van der Waals surface area (Å²) in [5.41, 5.74) is 0. The molecule has 0 saturated carbocycles. The first-order chi connectivity index (χ1) is 9.33. The molecule has 1 saturated heterocycles. The Balaban J connectivity index is 1.46. The predicted octanol–water partition coefficient (Wildman–Crippen LogP) is 0.988. The topological polar surface area (TPSA) is 56.2 Å². The number of nitrogens with one attached hydrogen (secondary N) is 1. The van der Waals surface area contributed by atoms with Gasteiger partial charge in [0.25, 0.3) is 0 Å². The van der Waals surface area contributed by atoms with Crippen molar-refractivity contribution in [3.63, 3.8) is 0 Å². The van der Waals surface area contributed by atoms with Crippen LogP contribution in [0.4, 0.5) is 0 Å². The highest BCUT2D eigenvalue weighted by atomic mass is 16.5. The number of imidazole rings is 1. The van der Waals surface area contributed by atoms with E-state index >= 15 is 0 Å². The van der Waals surface area contributed by atoms with Crippen molar-refractivity contribution >= 4 is 5.91 Å². The van der Waals surface area contributed by atoms with Crippen LogP contribution in [0.5, 0.6) is 0 Å². The minimum Gasteiger partial charge on any atom is -0.381 e. The Bertz CT molecular complexity index is 438. The van der Waals surface area contributed by atoms with E-state index in [0.29, 0.717) is 12.5 Å². The van der Waals surface area contributed by atoms with Gasteiger partial charge in [-0.2, -0.15) is 0 Å². The fourth-order valence-corrected chi connectivity index (χ4v) is 2.93. The van der Waals surface area contributed by atoms with E-state index in [2.05, 4.69) is 14.9 Å². The van der Waals surface area contributed by atoms with Gasteiger partial charge >= 0.3 is 0 Å². The van der Waals surface area contributed by atoms with Crippen molar-refractivity contribution in [3.8, 4) is 0 Å². The second kappa shape index (κ2) is 5.74. The summed E-state index contributed by atoms with van der Waals surface area (Å²) < 4.78 is 7.56. The Morgan fingerprint density at radius 1 is 1.53 bits per heavy atom. The molecule has 5 nitrogen and oxygen atoms in total. The third-order valence-corrected chi connectivity index (χ3v) is 4.15. The Morgan fingerprint density at radius 2 is 2.47 bits per heavy atom. The molecule has 0 bridgehead atoms. The van der Waals surface area contributed by atoms with E-state index in [4.69, 9.17) is 4.74 Å². The summed E-state index contributed by atoms with van der Waals surface area (Å²) >= 11 is 0. The summed E-state index contributed by atoms with van der Waals surface area (Å²) in [6.07, 6.45) is 7.93. The van der Waals surface area contributed by atoms with Gasteiger partial charge in [-0.05, 0) is 25.2 Å². The van der Waals surface area contributed by atoms with Crippen LogP contribution in [0.15, 0.2) is 12.4 Å². The van der Waals surface area contributed by atoms with Crippen LogP contribution in [-0.2, 0) is 22.5 Å². The van der Waals surface area contributed by atoms with E-state index in [1.807, 2.05) is 12.4 Å².